The maximum Gasteiger partial charge on any atom is 0.105 e. The van der Waals surface area contributed by atoms with E-state index >= 15 is 0 Å². The number of halogens is 2. The van der Waals surface area contributed by atoms with Gasteiger partial charge in [-0.05, 0) is 37.8 Å². The maximum absolute atomic E-state index is 5.65. The van der Waals surface area contributed by atoms with E-state index in [-0.39, 0.29) is 4.84 Å². The third-order valence-electron chi connectivity index (χ3n) is 2.04. The Labute approximate surface area is 87.1 Å². The smallest absolute Gasteiger partial charge is 0.105 e. The van der Waals surface area contributed by atoms with Gasteiger partial charge in [-0.25, -0.2) is 0 Å². The van der Waals surface area contributed by atoms with Gasteiger partial charge < -0.3 is 0 Å². The average molecular weight is 221 g/mol. The fraction of sp³-hybridized carbons (Fsp3) is 0.778. The Morgan fingerprint density at radius 3 is 2.83 bits per heavy atom. The van der Waals surface area contributed by atoms with Gasteiger partial charge in [-0.2, -0.15) is 0 Å². The molecule has 0 amide bonds. The maximum atomic E-state index is 5.65. The molecule has 0 saturated carbocycles. The van der Waals surface area contributed by atoms with Crippen LogP contribution in [0.25, 0.3) is 0 Å². The van der Waals surface area contributed by atoms with Gasteiger partial charge in [-0.15, -0.1) is 23.2 Å². The molecule has 1 aliphatic carbocycles. The molecular weight excluding hydrogens is 207 g/mol. The van der Waals surface area contributed by atoms with Crippen molar-refractivity contribution < 1.29 is 0 Å². The van der Waals surface area contributed by atoms with E-state index in [2.05, 4.69) is 6.08 Å². The van der Waals surface area contributed by atoms with Crippen LogP contribution in [0.3, 0.4) is 0 Å². The Kier molecular flexibility index (Phi) is 5.36. The number of hydrogen-bond acceptors (Lipinski definition) is 0. The Bertz CT molecular complexity index is 155. The second-order valence-electron chi connectivity index (χ2n) is 3.13. The van der Waals surface area contributed by atoms with Gasteiger partial charge in [0, 0.05) is 9.52 Å². The highest BCUT2D eigenvalue weighted by molar-refractivity contribution is 6.50. The summed E-state index contributed by atoms with van der Waals surface area (Å²) in [6.07, 6.45) is 7.74. The van der Waals surface area contributed by atoms with E-state index in [9.17, 15) is 0 Å². The van der Waals surface area contributed by atoms with Crippen LogP contribution in [0.15, 0.2) is 11.6 Å². The van der Waals surface area contributed by atoms with Crippen LogP contribution in [0.4, 0.5) is 0 Å². The molecule has 0 nitrogen and oxygen atoms in total. The first kappa shape index (κ1) is 10.6. The second kappa shape index (κ2) is 6.06. The number of allylic oxidation sites excluding steroid dienone is 2. The summed E-state index contributed by atoms with van der Waals surface area (Å²) in [7, 11) is 0.911. The van der Waals surface area contributed by atoms with Gasteiger partial charge in [0.15, 0.2) is 0 Å². The molecule has 1 aliphatic rings. The van der Waals surface area contributed by atoms with Gasteiger partial charge in [0.05, 0.1) is 0 Å². The molecule has 3 heteroatoms. The third kappa shape index (κ3) is 4.54. The largest absolute Gasteiger partial charge is 0.106 e. The normalized spacial score (nSPS) is 18.1. The van der Waals surface area contributed by atoms with E-state index in [0.29, 0.717) is 0 Å². The van der Waals surface area contributed by atoms with Crippen molar-refractivity contribution in [3.8, 4) is 0 Å². The molecule has 0 aromatic carbocycles. The van der Waals surface area contributed by atoms with Crippen molar-refractivity contribution in [2.45, 2.75) is 42.6 Å². The molecule has 0 atom stereocenters. The fourth-order valence-corrected chi connectivity index (χ4v) is 3.07. The molecule has 0 aliphatic heterocycles. The van der Waals surface area contributed by atoms with Crippen molar-refractivity contribution in [3.63, 3.8) is 0 Å². The highest BCUT2D eigenvalue weighted by Gasteiger charge is 2.05. The molecule has 12 heavy (non-hydrogen) atoms. The van der Waals surface area contributed by atoms with Crippen molar-refractivity contribution in [1.82, 2.24) is 0 Å². The van der Waals surface area contributed by atoms with E-state index in [1.165, 1.54) is 31.7 Å². The molecule has 0 bridgehead atoms. The van der Waals surface area contributed by atoms with Crippen LogP contribution < -0.4 is 0 Å². The number of hydrogen-bond donors (Lipinski definition) is 0. The summed E-state index contributed by atoms with van der Waals surface area (Å²) in [5, 5.41) is 0. The monoisotopic (exact) mass is 220 g/mol. The van der Waals surface area contributed by atoms with E-state index in [1.54, 1.807) is 5.57 Å². The summed E-state index contributed by atoms with van der Waals surface area (Å²) in [6.45, 7) is 0. The van der Waals surface area contributed by atoms with Crippen LogP contribution in [0.2, 0.25) is 12.1 Å². The Hall–Kier alpha value is 0.537. The molecule has 0 spiro atoms. The van der Waals surface area contributed by atoms with E-state index < -0.39 is 0 Å². The lowest BCUT2D eigenvalue weighted by Crippen LogP contribution is -1.99. The Morgan fingerprint density at radius 1 is 1.42 bits per heavy atom. The first-order valence-corrected chi connectivity index (χ1v) is 6.74. The fourth-order valence-electron chi connectivity index (χ4n) is 1.41. The minimum absolute atomic E-state index is 0.160. The molecule has 0 aromatic rings. The van der Waals surface area contributed by atoms with Crippen LogP contribution >= 0.6 is 23.2 Å². The van der Waals surface area contributed by atoms with Crippen LogP contribution in [0.5, 0.6) is 0 Å². The average Bonchev–Trinajstić information content (AvgIpc) is 2.05. The second-order valence-corrected chi connectivity index (χ2v) is 5.67. The van der Waals surface area contributed by atoms with Gasteiger partial charge >= 0.3 is 0 Å². The van der Waals surface area contributed by atoms with Gasteiger partial charge in [0.2, 0.25) is 0 Å². The molecule has 0 heterocycles. The Morgan fingerprint density at radius 2 is 2.25 bits per heavy atom. The zero-order valence-electron chi connectivity index (χ0n) is 7.15. The molecule has 0 unspecified atom stereocenters. The predicted molar refractivity (Wildman–Crippen MR) is 57.4 cm³/mol. The Balaban J connectivity index is 2.09. The van der Waals surface area contributed by atoms with Crippen LogP contribution in [0, 0.1) is 0 Å². The topological polar surface area (TPSA) is 0 Å². The molecule has 1 rings (SSSR count). The van der Waals surface area contributed by atoms with Crippen LogP contribution in [-0.4, -0.2) is 14.4 Å². The van der Waals surface area contributed by atoms with Gasteiger partial charge in [-0.3, -0.25) is 0 Å². The first-order valence-electron chi connectivity index (χ1n) is 4.46. The molecule has 0 saturated heterocycles. The predicted octanol–water partition coefficient (Wildman–Crippen LogP) is 3.83. The SMILES string of the molecule is ClC(Cl)C[Si]CC1=CCCCC1. The summed E-state index contributed by atoms with van der Waals surface area (Å²) in [5.41, 5.74) is 1.63. The molecule has 0 fully saturated rings. The summed E-state index contributed by atoms with van der Waals surface area (Å²) in [5.74, 6) is 0. The van der Waals surface area contributed by atoms with Crippen molar-refractivity contribution in [3.05, 3.63) is 11.6 Å². The van der Waals surface area contributed by atoms with E-state index in [1.807, 2.05) is 0 Å². The third-order valence-corrected chi connectivity index (χ3v) is 4.26. The van der Waals surface area contributed by atoms with Crippen molar-refractivity contribution >= 4 is 32.7 Å². The lowest BCUT2D eigenvalue weighted by molar-refractivity contribution is 0.701. The van der Waals surface area contributed by atoms with Gasteiger partial charge in [0.1, 0.15) is 4.84 Å². The summed E-state index contributed by atoms with van der Waals surface area (Å²) < 4.78 is 0. The molecule has 68 valence electrons. The zero-order valence-corrected chi connectivity index (χ0v) is 9.67. The van der Waals surface area contributed by atoms with Crippen molar-refractivity contribution in [1.29, 1.82) is 0 Å². The summed E-state index contributed by atoms with van der Waals surface area (Å²) >= 11 is 11.3. The summed E-state index contributed by atoms with van der Waals surface area (Å²) in [6, 6.07) is 2.19. The van der Waals surface area contributed by atoms with Crippen LogP contribution in [0.1, 0.15) is 25.7 Å². The number of alkyl halides is 2. The highest BCUT2D eigenvalue weighted by Crippen LogP contribution is 2.21. The van der Waals surface area contributed by atoms with E-state index in [4.69, 9.17) is 23.2 Å². The molecule has 0 aromatic heterocycles. The lowest BCUT2D eigenvalue weighted by atomic mass is 10.0. The van der Waals surface area contributed by atoms with Gasteiger partial charge in [-0.1, -0.05) is 11.6 Å². The minimum Gasteiger partial charge on any atom is -0.106 e. The molecule has 0 N–H and O–H groups in total. The zero-order chi connectivity index (χ0) is 8.81. The standard InChI is InChI=1S/C9H14Cl2Si/c10-9(11)7-12-6-8-4-2-1-3-5-8/h4,9H,1-3,5-7H2. The molecule has 2 radical (unpaired) electrons. The highest BCUT2D eigenvalue weighted by atomic mass is 35.5. The van der Waals surface area contributed by atoms with Gasteiger partial charge in [0.25, 0.3) is 0 Å². The van der Waals surface area contributed by atoms with Crippen LogP contribution in [-0.2, 0) is 0 Å². The van der Waals surface area contributed by atoms with Crippen molar-refractivity contribution in [2.75, 3.05) is 0 Å². The quantitative estimate of drug-likeness (QED) is 0.384. The van der Waals surface area contributed by atoms with E-state index in [0.717, 1.165) is 15.6 Å². The molecular formula is C9H14Cl2Si. The van der Waals surface area contributed by atoms with Crippen molar-refractivity contribution in [2.24, 2.45) is 0 Å². The lowest BCUT2D eigenvalue weighted by Gasteiger charge is -2.11. The summed E-state index contributed by atoms with van der Waals surface area (Å²) in [4.78, 5) is -0.160. The number of rotatable bonds is 4. The first-order chi connectivity index (χ1) is 5.79. The minimum atomic E-state index is -0.160.